The van der Waals surface area contributed by atoms with Gasteiger partial charge in [0.1, 0.15) is 6.04 Å². The zero-order valence-electron chi connectivity index (χ0n) is 13.4. The van der Waals surface area contributed by atoms with Crippen LogP contribution in [0, 0.1) is 0 Å². The number of carbonyl (C=O) groups is 2. The SMILES string of the molecule is COCC(N)C(=O)Nc1ccc(C(N)=O)c(N2CCCCC2)c1. The molecule has 1 unspecified atom stereocenters. The second kappa shape index (κ2) is 7.94. The first kappa shape index (κ1) is 17.2. The van der Waals surface area contributed by atoms with Gasteiger partial charge in [-0.25, -0.2) is 0 Å². The van der Waals surface area contributed by atoms with Crippen molar-refractivity contribution < 1.29 is 14.3 Å². The Bertz CT molecular complexity index is 570. The maximum atomic E-state index is 12.0. The van der Waals surface area contributed by atoms with Crippen LogP contribution in [0.5, 0.6) is 0 Å². The highest BCUT2D eigenvalue weighted by atomic mass is 16.5. The molecule has 0 aromatic heterocycles. The normalized spacial score (nSPS) is 16.0. The lowest BCUT2D eigenvalue weighted by molar-refractivity contribution is -0.118. The second-order valence-corrected chi connectivity index (χ2v) is 5.69. The number of nitrogens with one attached hydrogen (secondary N) is 1. The number of rotatable bonds is 6. The summed E-state index contributed by atoms with van der Waals surface area (Å²) in [7, 11) is 1.49. The summed E-state index contributed by atoms with van der Waals surface area (Å²) in [5.41, 5.74) is 13.0. The molecule has 0 saturated carbocycles. The third-order valence-electron chi connectivity index (χ3n) is 3.91. The van der Waals surface area contributed by atoms with E-state index in [1.54, 1.807) is 18.2 Å². The molecule has 1 fully saturated rings. The van der Waals surface area contributed by atoms with Gasteiger partial charge < -0.3 is 26.4 Å². The number of primary amides is 1. The minimum absolute atomic E-state index is 0.143. The third kappa shape index (κ3) is 4.43. The van der Waals surface area contributed by atoms with E-state index in [4.69, 9.17) is 16.2 Å². The zero-order chi connectivity index (χ0) is 16.8. The van der Waals surface area contributed by atoms with Crippen molar-refractivity contribution in [3.63, 3.8) is 0 Å². The van der Waals surface area contributed by atoms with Crippen LogP contribution in [0.2, 0.25) is 0 Å². The molecular weight excluding hydrogens is 296 g/mol. The third-order valence-corrected chi connectivity index (χ3v) is 3.91. The van der Waals surface area contributed by atoms with Gasteiger partial charge in [-0.15, -0.1) is 0 Å². The Labute approximate surface area is 136 Å². The molecule has 7 heteroatoms. The van der Waals surface area contributed by atoms with E-state index in [0.29, 0.717) is 11.3 Å². The number of hydrogen-bond acceptors (Lipinski definition) is 5. The predicted molar refractivity (Wildman–Crippen MR) is 89.5 cm³/mol. The van der Waals surface area contributed by atoms with Crippen LogP contribution in [-0.2, 0) is 9.53 Å². The first-order valence-electron chi connectivity index (χ1n) is 7.77. The van der Waals surface area contributed by atoms with Crippen LogP contribution >= 0.6 is 0 Å². The number of benzene rings is 1. The summed E-state index contributed by atoms with van der Waals surface area (Å²) in [5.74, 6) is -0.803. The molecule has 2 amide bonds. The van der Waals surface area contributed by atoms with E-state index in [2.05, 4.69) is 10.2 Å². The van der Waals surface area contributed by atoms with Crippen LogP contribution < -0.4 is 21.7 Å². The molecule has 1 atom stereocenters. The predicted octanol–water partition coefficient (Wildman–Crippen LogP) is 0.688. The van der Waals surface area contributed by atoms with Crippen molar-refractivity contribution in [2.24, 2.45) is 11.5 Å². The summed E-state index contributed by atoms with van der Waals surface area (Å²) in [4.78, 5) is 25.8. The minimum Gasteiger partial charge on any atom is -0.383 e. The minimum atomic E-state index is -0.741. The van der Waals surface area contributed by atoms with Crippen LogP contribution in [0.25, 0.3) is 0 Å². The first-order chi connectivity index (χ1) is 11.0. The fourth-order valence-electron chi connectivity index (χ4n) is 2.70. The van der Waals surface area contributed by atoms with E-state index >= 15 is 0 Å². The summed E-state index contributed by atoms with van der Waals surface area (Å²) in [6, 6.07) is 4.34. The van der Waals surface area contributed by atoms with Crippen molar-refractivity contribution in [3.8, 4) is 0 Å². The second-order valence-electron chi connectivity index (χ2n) is 5.69. The summed E-state index contributed by atoms with van der Waals surface area (Å²) >= 11 is 0. The van der Waals surface area contributed by atoms with Crippen LogP contribution in [0.1, 0.15) is 29.6 Å². The molecule has 7 nitrogen and oxygen atoms in total. The number of carbonyl (C=O) groups excluding carboxylic acids is 2. The zero-order valence-corrected chi connectivity index (χ0v) is 13.4. The molecule has 1 saturated heterocycles. The van der Waals surface area contributed by atoms with Gasteiger partial charge in [0.15, 0.2) is 0 Å². The van der Waals surface area contributed by atoms with Gasteiger partial charge in [0.2, 0.25) is 5.91 Å². The van der Waals surface area contributed by atoms with E-state index in [-0.39, 0.29) is 12.5 Å². The molecule has 0 bridgehead atoms. The van der Waals surface area contributed by atoms with Crippen molar-refractivity contribution >= 4 is 23.2 Å². The molecule has 1 aliphatic heterocycles. The lowest BCUT2D eigenvalue weighted by Crippen LogP contribution is -2.39. The maximum absolute atomic E-state index is 12.0. The number of hydrogen-bond donors (Lipinski definition) is 3. The maximum Gasteiger partial charge on any atom is 0.250 e. The van der Waals surface area contributed by atoms with E-state index in [1.165, 1.54) is 13.5 Å². The van der Waals surface area contributed by atoms with Gasteiger partial charge in [-0.2, -0.15) is 0 Å². The van der Waals surface area contributed by atoms with Crippen molar-refractivity contribution in [2.75, 3.05) is 37.0 Å². The van der Waals surface area contributed by atoms with Gasteiger partial charge in [0.25, 0.3) is 5.91 Å². The van der Waals surface area contributed by atoms with E-state index in [9.17, 15) is 9.59 Å². The topological polar surface area (TPSA) is 111 Å². The fourth-order valence-corrected chi connectivity index (χ4v) is 2.70. The quantitative estimate of drug-likeness (QED) is 0.714. The molecule has 0 spiro atoms. The molecule has 1 heterocycles. The van der Waals surface area contributed by atoms with Crippen LogP contribution in [-0.4, -0.2) is 44.7 Å². The lowest BCUT2D eigenvalue weighted by Gasteiger charge is -2.30. The molecule has 2 rings (SSSR count). The summed E-state index contributed by atoms with van der Waals surface area (Å²) in [6.45, 7) is 1.89. The molecular formula is C16H24N4O3. The van der Waals surface area contributed by atoms with Crippen molar-refractivity contribution in [2.45, 2.75) is 25.3 Å². The number of nitrogens with zero attached hydrogens (tertiary/aromatic N) is 1. The first-order valence-corrected chi connectivity index (χ1v) is 7.77. The molecule has 126 valence electrons. The van der Waals surface area contributed by atoms with Crippen LogP contribution in [0.15, 0.2) is 18.2 Å². The Morgan fingerprint density at radius 1 is 1.30 bits per heavy atom. The van der Waals surface area contributed by atoms with Crippen LogP contribution in [0.3, 0.4) is 0 Å². The average Bonchev–Trinajstić information content (AvgIpc) is 2.55. The number of anilines is 2. The van der Waals surface area contributed by atoms with Gasteiger partial charge in [-0.3, -0.25) is 9.59 Å². The molecule has 1 aromatic carbocycles. The largest absolute Gasteiger partial charge is 0.383 e. The highest BCUT2D eigenvalue weighted by Gasteiger charge is 2.19. The Balaban J connectivity index is 2.21. The van der Waals surface area contributed by atoms with Crippen molar-refractivity contribution in [3.05, 3.63) is 23.8 Å². The van der Waals surface area contributed by atoms with E-state index < -0.39 is 11.9 Å². The Morgan fingerprint density at radius 3 is 2.61 bits per heavy atom. The van der Waals surface area contributed by atoms with Crippen LogP contribution in [0.4, 0.5) is 11.4 Å². The van der Waals surface area contributed by atoms with E-state index in [0.717, 1.165) is 31.6 Å². The van der Waals surface area contributed by atoms with Gasteiger partial charge in [0, 0.05) is 25.9 Å². The molecule has 0 aliphatic carbocycles. The number of piperidine rings is 1. The molecule has 23 heavy (non-hydrogen) atoms. The number of ether oxygens (including phenoxy) is 1. The fraction of sp³-hybridized carbons (Fsp3) is 0.500. The molecule has 0 radical (unpaired) electrons. The number of amides is 2. The molecule has 1 aromatic rings. The molecule has 5 N–H and O–H groups in total. The highest BCUT2D eigenvalue weighted by molar-refractivity contribution is 6.01. The van der Waals surface area contributed by atoms with Gasteiger partial charge in [-0.05, 0) is 37.5 Å². The van der Waals surface area contributed by atoms with Crippen molar-refractivity contribution in [1.29, 1.82) is 0 Å². The number of nitrogens with two attached hydrogens (primary N) is 2. The number of methoxy groups -OCH3 is 1. The standard InChI is InChI=1S/C16H24N4O3/c1-23-10-13(17)16(22)19-11-5-6-12(15(18)21)14(9-11)20-7-3-2-4-8-20/h5-6,9,13H,2-4,7-8,10,17H2,1H3,(H2,18,21)(H,19,22). The summed E-state index contributed by atoms with van der Waals surface area (Å²) in [6.07, 6.45) is 3.34. The lowest BCUT2D eigenvalue weighted by atomic mass is 10.1. The van der Waals surface area contributed by atoms with Gasteiger partial charge in [-0.1, -0.05) is 0 Å². The monoisotopic (exact) mass is 320 g/mol. The highest BCUT2D eigenvalue weighted by Crippen LogP contribution is 2.27. The summed E-state index contributed by atoms with van der Waals surface area (Å²) < 4.78 is 4.88. The summed E-state index contributed by atoms with van der Waals surface area (Å²) in [5, 5.41) is 2.75. The smallest absolute Gasteiger partial charge is 0.250 e. The van der Waals surface area contributed by atoms with Gasteiger partial charge >= 0.3 is 0 Å². The van der Waals surface area contributed by atoms with Gasteiger partial charge in [0.05, 0.1) is 17.9 Å². The van der Waals surface area contributed by atoms with Crippen molar-refractivity contribution in [1.82, 2.24) is 0 Å². The molecule has 1 aliphatic rings. The Morgan fingerprint density at radius 2 is 2.00 bits per heavy atom. The van der Waals surface area contributed by atoms with E-state index in [1.807, 2.05) is 0 Å². The average molecular weight is 320 g/mol. The Kier molecular flexibility index (Phi) is 5.95. The Hall–Kier alpha value is -2.12.